The molecule has 1 aliphatic rings. The zero-order valence-electron chi connectivity index (χ0n) is 11.4. The molecule has 0 saturated heterocycles. The van der Waals surface area contributed by atoms with Crippen molar-refractivity contribution in [1.82, 2.24) is 10.6 Å². The molecule has 0 bridgehead atoms. The highest BCUT2D eigenvalue weighted by atomic mass is 79.9. The summed E-state index contributed by atoms with van der Waals surface area (Å²) in [5.41, 5.74) is 0. The minimum Gasteiger partial charge on any atom is -0.352 e. The Morgan fingerprint density at radius 2 is 2.10 bits per heavy atom. The molecular weight excluding hydrogens is 340 g/mol. The van der Waals surface area contributed by atoms with E-state index in [-0.39, 0.29) is 24.4 Å². The van der Waals surface area contributed by atoms with Crippen molar-refractivity contribution in [2.24, 2.45) is 5.92 Å². The summed E-state index contributed by atoms with van der Waals surface area (Å²) in [7, 11) is 0. The summed E-state index contributed by atoms with van der Waals surface area (Å²) >= 11 is 4.67. The quantitative estimate of drug-likeness (QED) is 0.869. The van der Waals surface area contributed by atoms with Crippen molar-refractivity contribution in [2.75, 3.05) is 6.54 Å². The number of thiophene rings is 1. The van der Waals surface area contributed by atoms with Crippen molar-refractivity contribution in [3.8, 4) is 0 Å². The van der Waals surface area contributed by atoms with Crippen LogP contribution >= 0.6 is 27.3 Å². The number of amides is 2. The average Bonchev–Trinajstić information content (AvgIpc) is 2.85. The maximum atomic E-state index is 11.9. The first-order valence-corrected chi connectivity index (χ1v) is 8.50. The predicted octanol–water partition coefficient (Wildman–Crippen LogP) is 2.94. The predicted molar refractivity (Wildman–Crippen MR) is 83.9 cm³/mol. The fourth-order valence-corrected chi connectivity index (χ4v) is 3.77. The number of hydrogen-bond acceptors (Lipinski definition) is 3. The van der Waals surface area contributed by atoms with Gasteiger partial charge >= 0.3 is 0 Å². The fourth-order valence-electron chi connectivity index (χ4n) is 2.47. The van der Waals surface area contributed by atoms with E-state index < -0.39 is 0 Å². The van der Waals surface area contributed by atoms with Crippen molar-refractivity contribution >= 4 is 39.1 Å². The molecule has 0 aromatic carbocycles. The van der Waals surface area contributed by atoms with Crippen molar-refractivity contribution < 1.29 is 9.59 Å². The van der Waals surface area contributed by atoms with Crippen LogP contribution in [-0.2, 0) is 4.79 Å². The lowest BCUT2D eigenvalue weighted by molar-refractivity contribution is -0.121. The number of nitrogens with one attached hydrogen (secondary N) is 2. The van der Waals surface area contributed by atoms with Gasteiger partial charge in [-0.2, -0.15) is 0 Å². The van der Waals surface area contributed by atoms with Crippen LogP contribution in [0, 0.1) is 5.92 Å². The molecular formula is C14H19BrN2O2S. The van der Waals surface area contributed by atoms with E-state index in [0.717, 1.165) is 10.2 Å². The van der Waals surface area contributed by atoms with Crippen molar-refractivity contribution in [2.45, 2.75) is 38.6 Å². The van der Waals surface area contributed by atoms with Gasteiger partial charge in [0.25, 0.3) is 5.91 Å². The second-order valence-corrected chi connectivity index (χ2v) is 7.69. The molecule has 0 spiro atoms. The molecule has 2 N–H and O–H groups in total. The molecule has 0 radical (unpaired) electrons. The minimum atomic E-state index is -0.201. The summed E-state index contributed by atoms with van der Waals surface area (Å²) in [6.45, 7) is 2.21. The lowest BCUT2D eigenvalue weighted by Crippen LogP contribution is -2.45. The Balaban J connectivity index is 1.76. The van der Waals surface area contributed by atoms with Crippen molar-refractivity contribution in [3.05, 3.63) is 20.8 Å². The molecule has 1 aromatic rings. The third-order valence-electron chi connectivity index (χ3n) is 3.66. The van der Waals surface area contributed by atoms with E-state index in [1.165, 1.54) is 30.6 Å². The van der Waals surface area contributed by atoms with E-state index in [9.17, 15) is 9.59 Å². The van der Waals surface area contributed by atoms with Crippen molar-refractivity contribution in [1.29, 1.82) is 0 Å². The molecule has 1 heterocycles. The molecule has 20 heavy (non-hydrogen) atoms. The van der Waals surface area contributed by atoms with E-state index in [1.54, 1.807) is 6.07 Å². The standard InChI is InChI=1S/C14H19BrN2O2S/c1-9-4-2-3-5-10(9)17-13(18)8-16-14(19)11-6-7-12(15)20-11/h6-7,9-10H,2-5,8H2,1H3,(H,16,19)(H,17,18). The SMILES string of the molecule is CC1CCCCC1NC(=O)CNC(=O)c1ccc(Br)s1. The van der Waals surface area contributed by atoms with Crippen LogP contribution < -0.4 is 10.6 Å². The van der Waals surface area contributed by atoms with Gasteiger partial charge < -0.3 is 10.6 Å². The number of hydrogen-bond donors (Lipinski definition) is 2. The van der Waals surface area contributed by atoms with Gasteiger partial charge in [0.2, 0.25) is 5.91 Å². The van der Waals surface area contributed by atoms with E-state index in [0.29, 0.717) is 10.8 Å². The number of halogens is 1. The van der Waals surface area contributed by atoms with Gasteiger partial charge in [0, 0.05) is 6.04 Å². The zero-order valence-corrected chi connectivity index (χ0v) is 13.9. The molecule has 1 aliphatic carbocycles. The van der Waals surface area contributed by atoms with Gasteiger partial charge in [-0.1, -0.05) is 19.8 Å². The van der Waals surface area contributed by atoms with Crippen LogP contribution in [-0.4, -0.2) is 24.4 Å². The summed E-state index contributed by atoms with van der Waals surface area (Å²) in [6.07, 6.45) is 4.63. The highest BCUT2D eigenvalue weighted by molar-refractivity contribution is 9.11. The Morgan fingerprint density at radius 3 is 2.75 bits per heavy atom. The van der Waals surface area contributed by atoms with Gasteiger partial charge in [-0.15, -0.1) is 11.3 Å². The Bertz CT molecular complexity index is 489. The van der Waals surface area contributed by atoms with Crippen LogP contribution in [0.3, 0.4) is 0 Å². The fraction of sp³-hybridized carbons (Fsp3) is 0.571. The maximum Gasteiger partial charge on any atom is 0.261 e. The van der Waals surface area contributed by atoms with Crippen LogP contribution in [0.5, 0.6) is 0 Å². The number of rotatable bonds is 4. The molecule has 2 atom stereocenters. The van der Waals surface area contributed by atoms with Crippen LogP contribution in [0.2, 0.25) is 0 Å². The van der Waals surface area contributed by atoms with Crippen molar-refractivity contribution in [3.63, 3.8) is 0 Å². The molecule has 2 unspecified atom stereocenters. The summed E-state index contributed by atoms with van der Waals surface area (Å²) in [5, 5.41) is 5.68. The average molecular weight is 359 g/mol. The van der Waals surface area contributed by atoms with Gasteiger partial charge in [0.1, 0.15) is 0 Å². The summed E-state index contributed by atoms with van der Waals surface area (Å²) < 4.78 is 0.906. The highest BCUT2D eigenvalue weighted by Gasteiger charge is 2.22. The Morgan fingerprint density at radius 1 is 1.35 bits per heavy atom. The topological polar surface area (TPSA) is 58.2 Å². The van der Waals surface area contributed by atoms with Gasteiger partial charge in [-0.05, 0) is 46.8 Å². The molecule has 2 rings (SSSR count). The normalized spacial score (nSPS) is 22.3. The maximum absolute atomic E-state index is 11.9. The molecule has 1 saturated carbocycles. The van der Waals surface area contributed by atoms with Gasteiger partial charge in [-0.25, -0.2) is 0 Å². The van der Waals surface area contributed by atoms with E-state index in [4.69, 9.17) is 0 Å². The molecule has 110 valence electrons. The van der Waals surface area contributed by atoms with E-state index in [2.05, 4.69) is 33.5 Å². The van der Waals surface area contributed by atoms with Crippen LogP contribution in [0.15, 0.2) is 15.9 Å². The summed E-state index contributed by atoms with van der Waals surface area (Å²) in [5.74, 6) is 0.219. The molecule has 1 aromatic heterocycles. The lowest BCUT2D eigenvalue weighted by atomic mass is 9.86. The Kier molecular flexibility index (Phi) is 5.60. The summed E-state index contributed by atoms with van der Waals surface area (Å²) in [4.78, 5) is 24.3. The largest absolute Gasteiger partial charge is 0.352 e. The Hall–Kier alpha value is -0.880. The molecule has 0 aliphatic heterocycles. The van der Waals surface area contributed by atoms with Crippen LogP contribution in [0.25, 0.3) is 0 Å². The minimum absolute atomic E-state index is 0.0393. The molecule has 1 fully saturated rings. The second kappa shape index (κ2) is 7.22. The third kappa shape index (κ3) is 4.31. The van der Waals surface area contributed by atoms with Crippen LogP contribution in [0.1, 0.15) is 42.3 Å². The Labute approximate surface area is 131 Å². The first-order valence-electron chi connectivity index (χ1n) is 6.89. The second-order valence-electron chi connectivity index (χ2n) is 5.22. The lowest BCUT2D eigenvalue weighted by Gasteiger charge is -2.29. The smallest absolute Gasteiger partial charge is 0.261 e. The zero-order chi connectivity index (χ0) is 14.5. The van der Waals surface area contributed by atoms with Gasteiger partial charge in [-0.3, -0.25) is 9.59 Å². The first-order chi connectivity index (χ1) is 9.56. The first kappa shape index (κ1) is 15.5. The number of carbonyl (C=O) groups excluding carboxylic acids is 2. The van der Waals surface area contributed by atoms with E-state index >= 15 is 0 Å². The van der Waals surface area contributed by atoms with E-state index in [1.807, 2.05) is 6.07 Å². The van der Waals surface area contributed by atoms with Gasteiger partial charge in [0.05, 0.1) is 15.2 Å². The number of carbonyl (C=O) groups is 2. The third-order valence-corrected chi connectivity index (χ3v) is 5.29. The molecule has 4 nitrogen and oxygen atoms in total. The summed E-state index contributed by atoms with van der Waals surface area (Å²) in [6, 6.07) is 3.82. The van der Waals surface area contributed by atoms with Gasteiger partial charge in [0.15, 0.2) is 0 Å². The molecule has 6 heteroatoms. The van der Waals surface area contributed by atoms with Crippen LogP contribution in [0.4, 0.5) is 0 Å². The monoisotopic (exact) mass is 358 g/mol. The molecule has 2 amide bonds. The highest BCUT2D eigenvalue weighted by Crippen LogP contribution is 2.23.